The number of carbonyl (C=O) groups is 1. The molecule has 104 valence electrons. The number of ketones is 1. The molecule has 1 aromatic heterocycles. The number of H-pyrrole nitrogens is 1. The predicted molar refractivity (Wildman–Crippen MR) is 68.6 cm³/mol. The molecular weight excluding hydrogens is 250 g/mol. The number of aromatic nitrogens is 2. The molecule has 2 heterocycles. The molecule has 1 N–H and O–H groups in total. The van der Waals surface area contributed by atoms with Gasteiger partial charge >= 0.3 is 5.69 Å². The lowest BCUT2D eigenvalue weighted by Gasteiger charge is -2.30. The average Bonchev–Trinajstić information content (AvgIpc) is 2.34. The number of nitrogens with zero attached hydrogens (tertiary/aromatic N) is 2. The molecule has 1 atom stereocenters. The summed E-state index contributed by atoms with van der Waals surface area (Å²) in [6, 6.07) is 0. The highest BCUT2D eigenvalue weighted by molar-refractivity contribution is 5.93. The van der Waals surface area contributed by atoms with Crippen LogP contribution < -0.4 is 11.2 Å². The minimum atomic E-state index is -0.562. The van der Waals surface area contributed by atoms with Gasteiger partial charge < -0.3 is 14.6 Å². The normalized spacial score (nSPS) is 20.4. The summed E-state index contributed by atoms with van der Waals surface area (Å²) in [5, 5.41) is 0. The largest absolute Gasteiger partial charge is 0.374 e. The minimum Gasteiger partial charge on any atom is -0.374 e. The van der Waals surface area contributed by atoms with E-state index in [1.54, 1.807) is 0 Å². The van der Waals surface area contributed by atoms with Crippen LogP contribution in [0.2, 0.25) is 0 Å². The number of likely N-dealkylation sites (N-methyl/N-ethyl adjacent to an activating group) is 1. The molecule has 19 heavy (non-hydrogen) atoms. The minimum absolute atomic E-state index is 0.0104. The Morgan fingerprint density at radius 1 is 1.53 bits per heavy atom. The van der Waals surface area contributed by atoms with Gasteiger partial charge in [-0.05, 0) is 14.0 Å². The zero-order valence-corrected chi connectivity index (χ0v) is 11.0. The highest BCUT2D eigenvalue weighted by Gasteiger charge is 2.20. The van der Waals surface area contributed by atoms with E-state index in [2.05, 4.69) is 9.88 Å². The first kappa shape index (κ1) is 13.7. The first-order valence-corrected chi connectivity index (χ1v) is 6.12. The third kappa shape index (κ3) is 2.99. The summed E-state index contributed by atoms with van der Waals surface area (Å²) < 4.78 is 6.55. The fourth-order valence-electron chi connectivity index (χ4n) is 2.11. The smallest absolute Gasteiger partial charge is 0.328 e. The van der Waals surface area contributed by atoms with E-state index >= 15 is 0 Å². The molecule has 0 saturated carbocycles. The number of hydrogen-bond donors (Lipinski definition) is 1. The maximum atomic E-state index is 12.0. The van der Waals surface area contributed by atoms with Crippen molar-refractivity contribution in [2.75, 3.05) is 26.7 Å². The first-order chi connectivity index (χ1) is 8.99. The van der Waals surface area contributed by atoms with Crippen LogP contribution in [0.15, 0.2) is 15.8 Å². The topological polar surface area (TPSA) is 84.4 Å². The van der Waals surface area contributed by atoms with Crippen LogP contribution in [-0.4, -0.2) is 53.1 Å². The molecule has 0 amide bonds. The Balaban J connectivity index is 2.29. The number of Topliss-reactive ketones (excluding diaryl/α,β-unsaturated/α-hetero) is 1. The van der Waals surface area contributed by atoms with Gasteiger partial charge in [-0.3, -0.25) is 14.2 Å². The number of hydrogen-bond acceptors (Lipinski definition) is 5. The molecule has 0 radical (unpaired) electrons. The third-order valence-electron chi connectivity index (χ3n) is 3.17. The van der Waals surface area contributed by atoms with Crippen molar-refractivity contribution in [3.05, 3.63) is 32.6 Å². The molecule has 7 heteroatoms. The van der Waals surface area contributed by atoms with Crippen LogP contribution in [0.25, 0.3) is 0 Å². The van der Waals surface area contributed by atoms with E-state index in [1.807, 2.05) is 7.05 Å². The molecule has 1 aliphatic rings. The van der Waals surface area contributed by atoms with Gasteiger partial charge in [0, 0.05) is 19.3 Å². The van der Waals surface area contributed by atoms with Crippen LogP contribution in [0.4, 0.5) is 0 Å². The van der Waals surface area contributed by atoms with E-state index in [4.69, 9.17) is 4.74 Å². The Kier molecular flexibility index (Phi) is 3.96. The summed E-state index contributed by atoms with van der Waals surface area (Å²) in [7, 11) is 1.95. The number of ether oxygens (including phenoxy) is 1. The van der Waals surface area contributed by atoms with E-state index in [1.165, 1.54) is 6.92 Å². The number of aromatic amines is 1. The van der Waals surface area contributed by atoms with Gasteiger partial charge in [0.2, 0.25) is 0 Å². The molecule has 1 aliphatic heterocycles. The summed E-state index contributed by atoms with van der Waals surface area (Å²) in [5.41, 5.74) is -1.09. The van der Waals surface area contributed by atoms with Gasteiger partial charge in [0.25, 0.3) is 5.56 Å². The highest BCUT2D eigenvalue weighted by atomic mass is 16.5. The van der Waals surface area contributed by atoms with E-state index in [9.17, 15) is 14.4 Å². The van der Waals surface area contributed by atoms with Gasteiger partial charge in [0.1, 0.15) is 0 Å². The van der Waals surface area contributed by atoms with Crippen LogP contribution in [0.3, 0.4) is 0 Å². The molecule has 1 aromatic rings. The Bertz CT molecular complexity index is 589. The molecule has 1 unspecified atom stereocenters. The van der Waals surface area contributed by atoms with Crippen molar-refractivity contribution in [3.63, 3.8) is 0 Å². The zero-order chi connectivity index (χ0) is 14.0. The zero-order valence-electron chi connectivity index (χ0n) is 11.0. The second-order valence-corrected chi connectivity index (χ2v) is 4.73. The SMILES string of the molecule is CC(=O)c1c[nH]c(=O)n(CC2CN(C)CCO2)c1=O. The molecule has 1 fully saturated rings. The summed E-state index contributed by atoms with van der Waals surface area (Å²) in [5.74, 6) is -0.364. The van der Waals surface area contributed by atoms with Crippen LogP contribution >= 0.6 is 0 Å². The summed E-state index contributed by atoms with van der Waals surface area (Å²) in [6.07, 6.45) is 0.942. The van der Waals surface area contributed by atoms with E-state index in [-0.39, 0.29) is 24.0 Å². The lowest BCUT2D eigenvalue weighted by atomic mass is 10.2. The van der Waals surface area contributed by atoms with E-state index in [0.717, 1.165) is 17.3 Å². The Labute approximate surface area is 109 Å². The number of carbonyl (C=O) groups excluding carboxylic acids is 1. The Morgan fingerprint density at radius 3 is 2.89 bits per heavy atom. The van der Waals surface area contributed by atoms with Crippen molar-refractivity contribution in [2.24, 2.45) is 0 Å². The van der Waals surface area contributed by atoms with Gasteiger partial charge in [-0.2, -0.15) is 0 Å². The molecule has 0 bridgehead atoms. The van der Waals surface area contributed by atoms with Crippen LogP contribution in [-0.2, 0) is 11.3 Å². The van der Waals surface area contributed by atoms with Crippen molar-refractivity contribution < 1.29 is 9.53 Å². The predicted octanol–water partition coefficient (Wildman–Crippen LogP) is -0.930. The van der Waals surface area contributed by atoms with Crippen LogP contribution in [0.1, 0.15) is 17.3 Å². The molecule has 0 spiro atoms. The molecular formula is C12H17N3O4. The van der Waals surface area contributed by atoms with Crippen LogP contribution in [0.5, 0.6) is 0 Å². The number of nitrogens with one attached hydrogen (secondary N) is 1. The fraction of sp³-hybridized carbons (Fsp3) is 0.583. The molecule has 0 aliphatic carbocycles. The van der Waals surface area contributed by atoms with Gasteiger partial charge in [0.05, 0.1) is 24.8 Å². The molecule has 0 aromatic carbocycles. The maximum absolute atomic E-state index is 12.0. The number of rotatable bonds is 3. The van der Waals surface area contributed by atoms with Gasteiger partial charge in [0.15, 0.2) is 5.78 Å². The van der Waals surface area contributed by atoms with E-state index in [0.29, 0.717) is 13.2 Å². The Morgan fingerprint density at radius 2 is 2.26 bits per heavy atom. The lowest BCUT2D eigenvalue weighted by molar-refractivity contribution is -0.0285. The molecule has 1 saturated heterocycles. The van der Waals surface area contributed by atoms with Gasteiger partial charge in [-0.1, -0.05) is 0 Å². The average molecular weight is 267 g/mol. The summed E-state index contributed by atoms with van der Waals surface area (Å²) >= 11 is 0. The molecule has 2 rings (SSSR count). The lowest BCUT2D eigenvalue weighted by Crippen LogP contribution is -2.47. The van der Waals surface area contributed by atoms with Crippen LogP contribution in [0, 0.1) is 0 Å². The van der Waals surface area contributed by atoms with Crippen molar-refractivity contribution in [1.82, 2.24) is 14.5 Å². The maximum Gasteiger partial charge on any atom is 0.328 e. The van der Waals surface area contributed by atoms with Crippen molar-refractivity contribution in [2.45, 2.75) is 19.6 Å². The summed E-state index contributed by atoms with van der Waals surface area (Å²) in [4.78, 5) is 39.5. The molecule has 7 nitrogen and oxygen atoms in total. The Hall–Kier alpha value is -1.73. The number of morpholine rings is 1. The second kappa shape index (κ2) is 5.50. The summed E-state index contributed by atoms with van der Waals surface area (Å²) in [6.45, 7) is 3.50. The van der Waals surface area contributed by atoms with Crippen molar-refractivity contribution in [3.8, 4) is 0 Å². The van der Waals surface area contributed by atoms with Crippen molar-refractivity contribution >= 4 is 5.78 Å². The van der Waals surface area contributed by atoms with Gasteiger partial charge in [-0.25, -0.2) is 4.79 Å². The third-order valence-corrected chi connectivity index (χ3v) is 3.17. The standard InChI is InChI=1S/C12H17N3O4/c1-8(16)10-5-13-12(18)15(11(10)17)7-9-6-14(2)3-4-19-9/h5,9H,3-4,6-7H2,1-2H3,(H,13,18). The van der Waals surface area contributed by atoms with Gasteiger partial charge in [-0.15, -0.1) is 0 Å². The van der Waals surface area contributed by atoms with Crippen molar-refractivity contribution in [1.29, 1.82) is 0 Å². The van der Waals surface area contributed by atoms with E-state index < -0.39 is 11.2 Å². The second-order valence-electron chi connectivity index (χ2n) is 4.73. The highest BCUT2D eigenvalue weighted by Crippen LogP contribution is 2.04. The fourth-order valence-corrected chi connectivity index (χ4v) is 2.11. The first-order valence-electron chi connectivity index (χ1n) is 6.12. The quantitative estimate of drug-likeness (QED) is 0.715. The monoisotopic (exact) mass is 267 g/mol.